The Kier molecular flexibility index (Phi) is 11.8. The first-order valence-electron chi connectivity index (χ1n) is 13.9. The monoisotopic (exact) mass is 617 g/mol. The zero-order valence-corrected chi connectivity index (χ0v) is 25.8. The summed E-state index contributed by atoms with van der Waals surface area (Å²) in [6.45, 7) is 6.95. The van der Waals surface area contributed by atoms with E-state index in [1.165, 1.54) is 53.4 Å². The number of para-hydroxylation sites is 2. The van der Waals surface area contributed by atoms with Crippen molar-refractivity contribution in [3.63, 3.8) is 0 Å². The van der Waals surface area contributed by atoms with Crippen LogP contribution >= 0.6 is 11.6 Å². The maximum Gasteiger partial charge on any atom is 0.264 e. The summed E-state index contributed by atoms with van der Waals surface area (Å²) >= 11 is 6.01. The summed E-state index contributed by atoms with van der Waals surface area (Å²) in [6.07, 6.45) is 0.962. The average molecular weight is 618 g/mol. The van der Waals surface area contributed by atoms with E-state index in [-0.39, 0.29) is 47.9 Å². The minimum Gasteiger partial charge on any atom is -0.492 e. The van der Waals surface area contributed by atoms with Gasteiger partial charge in [-0.05, 0) is 80.8 Å². The lowest BCUT2D eigenvalue weighted by Gasteiger charge is -2.34. The zero-order chi connectivity index (χ0) is 30.9. The van der Waals surface area contributed by atoms with Crippen molar-refractivity contribution >= 4 is 39.1 Å². The minimum atomic E-state index is -4.30. The van der Waals surface area contributed by atoms with Gasteiger partial charge in [-0.3, -0.25) is 13.9 Å². The molecule has 2 amide bonds. The Hall–Kier alpha value is -3.63. The molecule has 11 heteroatoms. The van der Waals surface area contributed by atoms with Crippen molar-refractivity contribution in [3.8, 4) is 5.75 Å². The van der Waals surface area contributed by atoms with E-state index in [9.17, 15) is 22.4 Å². The Morgan fingerprint density at radius 2 is 1.60 bits per heavy atom. The number of carbonyl (C=O) groups is 2. The molecule has 0 bridgehead atoms. The van der Waals surface area contributed by atoms with Gasteiger partial charge in [-0.25, -0.2) is 12.8 Å². The molecule has 3 aromatic rings. The molecule has 0 heterocycles. The summed E-state index contributed by atoms with van der Waals surface area (Å²) in [7, 11) is -4.30. The number of rotatable bonds is 14. The first-order valence-corrected chi connectivity index (χ1v) is 15.7. The first-order chi connectivity index (χ1) is 20.0. The fourth-order valence-electron chi connectivity index (χ4n) is 4.33. The molecule has 0 aliphatic rings. The largest absolute Gasteiger partial charge is 0.492 e. The fourth-order valence-corrected chi connectivity index (χ4v) is 5.89. The van der Waals surface area contributed by atoms with Crippen LogP contribution in [0.2, 0.25) is 5.02 Å². The number of amides is 2. The Morgan fingerprint density at radius 3 is 2.19 bits per heavy atom. The molecule has 0 unspecified atom stereocenters. The molecule has 0 saturated heterocycles. The van der Waals surface area contributed by atoms with Crippen LogP contribution < -0.4 is 14.4 Å². The van der Waals surface area contributed by atoms with Crippen molar-refractivity contribution < 1.29 is 27.1 Å². The predicted octanol–water partition coefficient (Wildman–Crippen LogP) is 5.80. The highest BCUT2D eigenvalue weighted by Gasteiger charge is 2.35. The maximum absolute atomic E-state index is 14.2. The number of nitrogens with one attached hydrogen (secondary N) is 1. The van der Waals surface area contributed by atoms with Gasteiger partial charge in [0.1, 0.15) is 24.2 Å². The molecule has 8 nitrogen and oxygen atoms in total. The lowest BCUT2D eigenvalue weighted by atomic mass is 10.1. The molecular formula is C31H37ClFN3O5S. The molecule has 0 radical (unpaired) electrons. The molecule has 2 atom stereocenters. The van der Waals surface area contributed by atoms with E-state index in [1.54, 1.807) is 38.1 Å². The third-order valence-electron chi connectivity index (χ3n) is 6.77. The molecule has 0 fully saturated rings. The highest BCUT2D eigenvalue weighted by atomic mass is 35.5. The second-order valence-electron chi connectivity index (χ2n) is 9.76. The minimum absolute atomic E-state index is 0.0342. The lowest BCUT2D eigenvalue weighted by Crippen LogP contribution is -2.53. The number of sulfonamides is 1. The van der Waals surface area contributed by atoms with E-state index < -0.39 is 34.3 Å². The zero-order valence-electron chi connectivity index (χ0n) is 24.2. The molecule has 0 saturated carbocycles. The smallest absolute Gasteiger partial charge is 0.264 e. The quantitative estimate of drug-likeness (QED) is 0.247. The topological polar surface area (TPSA) is 96.0 Å². The highest BCUT2D eigenvalue weighted by molar-refractivity contribution is 7.92. The fraction of sp³-hybridized carbons (Fsp3) is 0.355. The molecular weight excluding hydrogens is 581 g/mol. The Morgan fingerprint density at radius 1 is 0.952 bits per heavy atom. The van der Waals surface area contributed by atoms with Gasteiger partial charge >= 0.3 is 0 Å². The summed E-state index contributed by atoms with van der Waals surface area (Å²) in [5.41, 5.74) is 0.753. The summed E-state index contributed by atoms with van der Waals surface area (Å²) in [5.74, 6) is -1.14. The lowest BCUT2D eigenvalue weighted by molar-refractivity contribution is -0.140. The maximum atomic E-state index is 14.2. The van der Waals surface area contributed by atoms with Crippen LogP contribution in [-0.2, 0) is 26.2 Å². The number of hydrogen-bond acceptors (Lipinski definition) is 5. The third kappa shape index (κ3) is 8.23. The van der Waals surface area contributed by atoms with Gasteiger partial charge < -0.3 is 15.0 Å². The Bertz CT molecular complexity index is 1450. The van der Waals surface area contributed by atoms with Gasteiger partial charge in [0, 0.05) is 17.6 Å². The standard InChI is InChI=1S/C31H37ClFN3O5S/c1-5-22(4)34-31(38)27(6-2)35(20-23-12-16-25(33)17-13-23)30(37)21-36(28-10-8-9-11-29(28)41-7-3)42(39,40)26-18-14-24(32)15-19-26/h8-19,22,27H,5-7,20-21H2,1-4H3,(H,34,38)/t22-,27-/m0/s1. The van der Waals surface area contributed by atoms with Gasteiger partial charge in [0.05, 0.1) is 17.2 Å². The molecule has 0 aliphatic heterocycles. The highest BCUT2D eigenvalue weighted by Crippen LogP contribution is 2.33. The summed E-state index contributed by atoms with van der Waals surface area (Å²) in [6, 6.07) is 16.7. The van der Waals surface area contributed by atoms with Gasteiger partial charge in [0.2, 0.25) is 11.8 Å². The van der Waals surface area contributed by atoms with E-state index in [0.717, 1.165) is 4.31 Å². The van der Waals surface area contributed by atoms with E-state index in [0.29, 0.717) is 17.0 Å². The number of hydrogen-bond donors (Lipinski definition) is 1. The summed E-state index contributed by atoms with van der Waals surface area (Å²) < 4.78 is 48.5. The van der Waals surface area contributed by atoms with Crippen LogP contribution in [0.25, 0.3) is 0 Å². The van der Waals surface area contributed by atoms with Crippen LogP contribution in [0.3, 0.4) is 0 Å². The molecule has 0 spiro atoms. The predicted molar refractivity (Wildman–Crippen MR) is 163 cm³/mol. The van der Waals surface area contributed by atoms with Crippen LogP contribution in [0.15, 0.2) is 77.7 Å². The van der Waals surface area contributed by atoms with Crippen molar-refractivity contribution in [2.24, 2.45) is 0 Å². The second kappa shape index (κ2) is 15.0. The third-order valence-corrected chi connectivity index (χ3v) is 8.79. The number of halogens is 2. The molecule has 3 aromatic carbocycles. The van der Waals surface area contributed by atoms with Crippen molar-refractivity contribution in [2.75, 3.05) is 17.5 Å². The number of carbonyl (C=O) groups excluding carboxylic acids is 2. The molecule has 0 aliphatic carbocycles. The Labute approximate surface area is 252 Å². The van der Waals surface area contributed by atoms with Crippen molar-refractivity contribution in [3.05, 3.63) is 89.2 Å². The number of ether oxygens (including phenoxy) is 1. The van der Waals surface area contributed by atoms with Crippen LogP contribution in [0.1, 0.15) is 46.1 Å². The molecule has 42 heavy (non-hydrogen) atoms. The number of anilines is 1. The average Bonchev–Trinajstić information content (AvgIpc) is 2.97. The van der Waals surface area contributed by atoms with Crippen LogP contribution in [-0.4, -0.2) is 50.4 Å². The Balaban J connectivity index is 2.10. The van der Waals surface area contributed by atoms with Gasteiger partial charge in [0.25, 0.3) is 10.0 Å². The van der Waals surface area contributed by atoms with Crippen LogP contribution in [0.5, 0.6) is 5.75 Å². The second-order valence-corrected chi connectivity index (χ2v) is 12.1. The van der Waals surface area contributed by atoms with Crippen LogP contribution in [0.4, 0.5) is 10.1 Å². The normalized spacial score (nSPS) is 12.7. The van der Waals surface area contributed by atoms with Gasteiger partial charge in [0.15, 0.2) is 0 Å². The van der Waals surface area contributed by atoms with Crippen molar-refractivity contribution in [1.82, 2.24) is 10.2 Å². The molecule has 3 rings (SSSR count). The van der Waals surface area contributed by atoms with Crippen molar-refractivity contribution in [1.29, 1.82) is 0 Å². The molecule has 1 N–H and O–H groups in total. The van der Waals surface area contributed by atoms with Crippen LogP contribution in [0, 0.1) is 5.82 Å². The summed E-state index contributed by atoms with van der Waals surface area (Å²) in [5, 5.41) is 3.28. The molecule has 226 valence electrons. The number of benzene rings is 3. The molecule has 0 aromatic heterocycles. The van der Waals surface area contributed by atoms with E-state index >= 15 is 0 Å². The van der Waals surface area contributed by atoms with Gasteiger partial charge in [-0.2, -0.15) is 0 Å². The van der Waals surface area contributed by atoms with E-state index in [4.69, 9.17) is 16.3 Å². The van der Waals surface area contributed by atoms with Crippen molar-refractivity contribution in [2.45, 2.75) is 64.1 Å². The van der Waals surface area contributed by atoms with E-state index in [2.05, 4.69) is 5.32 Å². The van der Waals surface area contributed by atoms with Gasteiger partial charge in [-0.1, -0.05) is 49.7 Å². The first kappa shape index (κ1) is 32.9. The number of nitrogens with zero attached hydrogens (tertiary/aromatic N) is 2. The SMILES string of the molecule is CCOc1ccccc1N(CC(=O)N(Cc1ccc(F)cc1)[C@@H](CC)C(=O)N[C@@H](C)CC)S(=O)(=O)c1ccc(Cl)cc1. The summed E-state index contributed by atoms with van der Waals surface area (Å²) in [4.78, 5) is 28.8. The van der Waals surface area contributed by atoms with Gasteiger partial charge in [-0.15, -0.1) is 0 Å². The van der Waals surface area contributed by atoms with E-state index in [1.807, 2.05) is 13.8 Å².